The Morgan fingerprint density at radius 2 is 1.88 bits per heavy atom. The van der Waals surface area contributed by atoms with Gasteiger partial charge in [-0.25, -0.2) is 18.2 Å². The fraction of sp³-hybridized carbons (Fsp3) is 0.526. The first-order chi connectivity index (χ1) is 24.8. The zero-order chi connectivity index (χ0) is 34.6. The van der Waals surface area contributed by atoms with Crippen molar-refractivity contribution in [2.24, 2.45) is 5.92 Å². The lowest BCUT2D eigenvalue weighted by molar-refractivity contribution is -0.0484. The van der Waals surface area contributed by atoms with Crippen LogP contribution < -0.4 is 15.4 Å². The summed E-state index contributed by atoms with van der Waals surface area (Å²) in [5, 5.41) is 11.3. The van der Waals surface area contributed by atoms with Crippen molar-refractivity contribution in [3.05, 3.63) is 46.5 Å². The zero-order valence-corrected chi connectivity index (χ0v) is 29.0. The molecule has 0 saturated carbocycles. The van der Waals surface area contributed by atoms with Gasteiger partial charge in [0.1, 0.15) is 35.2 Å². The molecule has 0 radical (unpaired) electrons. The number of hydrogen-bond acceptors (Lipinski definition) is 10. The summed E-state index contributed by atoms with van der Waals surface area (Å²) in [5.41, 5.74) is 9.13. The molecule has 2 N–H and O–H groups in total. The van der Waals surface area contributed by atoms with Crippen molar-refractivity contribution in [3.8, 4) is 23.1 Å². The number of fused-ring (bicyclic) bond motifs is 7. The Morgan fingerprint density at radius 1 is 1.08 bits per heavy atom. The summed E-state index contributed by atoms with van der Waals surface area (Å²) < 4.78 is 65.7. The summed E-state index contributed by atoms with van der Waals surface area (Å²) in [6.07, 6.45) is 3.42. The fourth-order valence-corrected chi connectivity index (χ4v) is 11.1. The van der Waals surface area contributed by atoms with Gasteiger partial charge in [0.2, 0.25) is 5.88 Å². The molecule has 2 bridgehead atoms. The Balaban J connectivity index is 1.14. The van der Waals surface area contributed by atoms with Gasteiger partial charge < -0.3 is 24.8 Å². The quantitative estimate of drug-likeness (QED) is 0.242. The van der Waals surface area contributed by atoms with Crippen LogP contribution in [0, 0.1) is 28.9 Å². The molecule has 0 aliphatic carbocycles. The van der Waals surface area contributed by atoms with Crippen LogP contribution in [0.25, 0.3) is 32.1 Å². The molecule has 4 aromatic rings. The predicted molar refractivity (Wildman–Crippen MR) is 189 cm³/mol. The van der Waals surface area contributed by atoms with E-state index in [2.05, 4.69) is 20.8 Å². The minimum absolute atomic E-state index is 0.133. The number of piperazine rings is 1. The summed E-state index contributed by atoms with van der Waals surface area (Å²) in [7, 11) is 0. The van der Waals surface area contributed by atoms with E-state index in [1.165, 1.54) is 12.1 Å². The van der Waals surface area contributed by atoms with Crippen LogP contribution in [0.2, 0.25) is 0 Å². The number of hydrogen-bond donors (Lipinski definition) is 1. The van der Waals surface area contributed by atoms with E-state index < -0.39 is 23.3 Å². The van der Waals surface area contributed by atoms with E-state index in [0.29, 0.717) is 46.7 Å². The third-order valence-corrected chi connectivity index (χ3v) is 13.4. The zero-order valence-electron chi connectivity index (χ0n) is 28.2. The Kier molecular flexibility index (Phi) is 7.49. The maximum Gasteiger partial charge on any atom is 0.216 e. The predicted octanol–water partition coefficient (Wildman–Crippen LogP) is 6.13. The third-order valence-electron chi connectivity index (χ3n) is 12.4. The topological polar surface area (TPSA) is 100 Å². The summed E-state index contributed by atoms with van der Waals surface area (Å²) in [6.45, 7) is 6.43. The van der Waals surface area contributed by atoms with Crippen molar-refractivity contribution in [1.82, 2.24) is 14.8 Å². The molecule has 2 unspecified atom stereocenters. The van der Waals surface area contributed by atoms with Crippen molar-refractivity contribution in [1.29, 1.82) is 5.26 Å². The van der Waals surface area contributed by atoms with E-state index in [9.17, 15) is 9.65 Å². The number of alkyl halides is 1. The van der Waals surface area contributed by atoms with Gasteiger partial charge >= 0.3 is 0 Å². The molecule has 5 saturated heterocycles. The smallest absolute Gasteiger partial charge is 0.216 e. The highest BCUT2D eigenvalue weighted by molar-refractivity contribution is 7.23. The van der Waals surface area contributed by atoms with Crippen molar-refractivity contribution < 1.29 is 27.4 Å². The van der Waals surface area contributed by atoms with E-state index in [0.717, 1.165) is 87.7 Å². The lowest BCUT2D eigenvalue weighted by atomic mass is 9.89. The van der Waals surface area contributed by atoms with Crippen LogP contribution in [-0.4, -0.2) is 91.1 Å². The van der Waals surface area contributed by atoms with Gasteiger partial charge in [-0.15, -0.1) is 11.3 Å². The first kappa shape index (κ1) is 32.0. The molecule has 10 rings (SSSR count). The summed E-state index contributed by atoms with van der Waals surface area (Å²) in [5.74, 6) is -0.208. The van der Waals surface area contributed by atoms with Crippen LogP contribution in [0.4, 0.5) is 23.9 Å². The van der Waals surface area contributed by atoms with Gasteiger partial charge in [0.05, 0.1) is 47.9 Å². The number of halogens is 3. The molecular formula is C38H39F3N6O3S. The highest BCUT2D eigenvalue weighted by Crippen LogP contribution is 2.50. The largest absolute Gasteiger partial charge is 0.476 e. The van der Waals surface area contributed by atoms with Gasteiger partial charge in [-0.3, -0.25) is 9.80 Å². The van der Waals surface area contributed by atoms with Gasteiger partial charge in [0.25, 0.3) is 0 Å². The van der Waals surface area contributed by atoms with Crippen molar-refractivity contribution >= 4 is 43.0 Å². The SMILES string of the molecule is N#Cc1c(N)sc2c(F)ccc(-c3c4c(c5c(N6C7CCC6CN(CC6COC6)C7)cc(OC[C@@]67CCCN6C[C@H](F)C7)nc5c3F)COC4)c12. The van der Waals surface area contributed by atoms with E-state index >= 15 is 8.78 Å². The molecule has 6 aliphatic rings. The molecule has 8 heterocycles. The standard InChI is InChI=1S/C38H39F3N6O3S/c39-21-9-38(6-1-7-46(38)12-21)19-50-30-8-29(47-22-2-3-23(47)14-45(13-22)11-20-15-48-16-20)33-27-18-49-17-26(27)31(34(41)35(33)44-30)24-4-5-28(40)36-32(24)25(10-42)37(43)51-36/h4-5,8,20-23H,1-3,6-7,9,11-19,43H2/t21-,22?,23?,38+/m1/s1. The van der Waals surface area contributed by atoms with Gasteiger partial charge in [-0.2, -0.15) is 5.26 Å². The second-order valence-corrected chi connectivity index (χ2v) is 16.4. The number of thiophene rings is 1. The minimum atomic E-state index is -0.896. The fourth-order valence-electron chi connectivity index (χ4n) is 10.1. The molecule has 2 aromatic carbocycles. The summed E-state index contributed by atoms with van der Waals surface area (Å²) in [6, 6.07) is 7.40. The lowest BCUT2D eigenvalue weighted by Crippen LogP contribution is -2.56. The molecule has 13 heteroatoms. The van der Waals surface area contributed by atoms with Crippen molar-refractivity contribution in [2.75, 3.05) is 63.2 Å². The minimum Gasteiger partial charge on any atom is -0.476 e. The molecule has 0 amide bonds. The van der Waals surface area contributed by atoms with Crippen molar-refractivity contribution in [3.63, 3.8) is 0 Å². The Hall–Kier alpha value is -3.67. The van der Waals surface area contributed by atoms with Crippen LogP contribution >= 0.6 is 11.3 Å². The first-order valence-corrected chi connectivity index (χ1v) is 18.9. The number of nitriles is 1. The van der Waals surface area contributed by atoms with Gasteiger partial charge in [-0.1, -0.05) is 6.07 Å². The number of nitrogen functional groups attached to an aromatic ring is 1. The molecule has 0 spiro atoms. The second-order valence-electron chi connectivity index (χ2n) is 15.4. The number of anilines is 2. The monoisotopic (exact) mass is 716 g/mol. The van der Waals surface area contributed by atoms with Crippen LogP contribution in [0.1, 0.15) is 48.8 Å². The number of aromatic nitrogens is 1. The number of benzene rings is 2. The molecule has 266 valence electrons. The molecular weight excluding hydrogens is 678 g/mol. The number of ether oxygens (including phenoxy) is 3. The molecule has 5 fully saturated rings. The van der Waals surface area contributed by atoms with E-state index in [1.807, 2.05) is 6.07 Å². The first-order valence-electron chi connectivity index (χ1n) is 18.1. The Morgan fingerprint density at radius 3 is 2.65 bits per heavy atom. The highest BCUT2D eigenvalue weighted by atomic mass is 32.1. The number of likely N-dealkylation sites (tertiary alicyclic amines) is 1. The van der Waals surface area contributed by atoms with Gasteiger partial charge in [-0.05, 0) is 55.0 Å². The van der Waals surface area contributed by atoms with Crippen LogP contribution in [0.5, 0.6) is 5.88 Å². The average molecular weight is 717 g/mol. The summed E-state index contributed by atoms with van der Waals surface area (Å²) >= 11 is 0.990. The van der Waals surface area contributed by atoms with E-state index in [1.54, 1.807) is 0 Å². The Bertz CT molecular complexity index is 2120. The number of nitrogens with zero attached hydrogens (tertiary/aromatic N) is 5. The van der Waals surface area contributed by atoms with Crippen LogP contribution in [0.3, 0.4) is 0 Å². The average Bonchev–Trinajstić information content (AvgIpc) is 3.90. The van der Waals surface area contributed by atoms with Crippen molar-refractivity contribution in [2.45, 2.75) is 69.1 Å². The molecule has 2 aromatic heterocycles. The maximum absolute atomic E-state index is 17.6. The van der Waals surface area contributed by atoms with E-state index in [4.69, 9.17) is 24.9 Å². The molecule has 4 atom stereocenters. The van der Waals surface area contributed by atoms with Gasteiger partial charge in [0, 0.05) is 73.0 Å². The number of rotatable bonds is 7. The highest BCUT2D eigenvalue weighted by Gasteiger charge is 2.50. The number of pyridine rings is 1. The van der Waals surface area contributed by atoms with Crippen LogP contribution in [0.15, 0.2) is 18.2 Å². The van der Waals surface area contributed by atoms with E-state index in [-0.39, 0.29) is 58.2 Å². The number of nitrogens with two attached hydrogens (primary N) is 1. The van der Waals surface area contributed by atoms with Crippen LogP contribution in [-0.2, 0) is 22.7 Å². The molecule has 9 nitrogen and oxygen atoms in total. The maximum atomic E-state index is 17.6. The Labute approximate surface area is 297 Å². The summed E-state index contributed by atoms with van der Waals surface area (Å²) in [4.78, 5) is 12.1. The second kappa shape index (κ2) is 11.9. The molecule has 6 aliphatic heterocycles. The normalized spacial score (nSPS) is 27.7. The third kappa shape index (κ3) is 4.90. The molecule has 51 heavy (non-hydrogen) atoms. The van der Waals surface area contributed by atoms with Gasteiger partial charge in [0.15, 0.2) is 5.82 Å². The lowest BCUT2D eigenvalue weighted by Gasteiger charge is -2.44.